The molecule has 4 rings (SSSR count). The van der Waals surface area contributed by atoms with Crippen LogP contribution in [0.1, 0.15) is 5.56 Å². The fourth-order valence-corrected chi connectivity index (χ4v) is 4.27. The van der Waals surface area contributed by atoms with E-state index in [0.29, 0.717) is 22.5 Å². The highest BCUT2D eigenvalue weighted by Crippen LogP contribution is 2.31. The molecule has 7 nitrogen and oxygen atoms in total. The van der Waals surface area contributed by atoms with Crippen LogP contribution in [0.15, 0.2) is 65.7 Å². The molecule has 31 heavy (non-hydrogen) atoms. The molecule has 1 N–H and O–H groups in total. The number of hydrogen-bond acceptors (Lipinski definition) is 6. The minimum atomic E-state index is -0.277. The molecule has 0 spiro atoms. The lowest BCUT2D eigenvalue weighted by atomic mass is 10.2. The molecule has 0 saturated carbocycles. The van der Waals surface area contributed by atoms with E-state index in [2.05, 4.69) is 10.3 Å². The largest absolute Gasteiger partial charge is 0.497 e. The summed E-state index contributed by atoms with van der Waals surface area (Å²) in [4.78, 5) is 30.6. The number of nitrogens with one attached hydrogen (secondary N) is 1. The number of hydrogen-bond donors (Lipinski definition) is 1. The maximum absolute atomic E-state index is 12.9. The van der Waals surface area contributed by atoms with Crippen molar-refractivity contribution in [3.63, 3.8) is 0 Å². The van der Waals surface area contributed by atoms with Gasteiger partial charge in [-0.2, -0.15) is 0 Å². The number of methoxy groups -OCH3 is 2. The van der Waals surface area contributed by atoms with Crippen LogP contribution in [0.4, 0.5) is 0 Å². The molecule has 158 valence electrons. The lowest BCUT2D eigenvalue weighted by molar-refractivity contribution is -0.121. The van der Waals surface area contributed by atoms with E-state index >= 15 is 0 Å². The first-order chi connectivity index (χ1) is 15.1. The highest BCUT2D eigenvalue weighted by atomic mass is 32.1. The number of rotatable bonds is 7. The zero-order chi connectivity index (χ0) is 21.8. The molecule has 0 fully saturated rings. The molecule has 8 heteroatoms. The van der Waals surface area contributed by atoms with Gasteiger partial charge in [-0.05, 0) is 42.0 Å². The number of ether oxygens (including phenoxy) is 2. The molecule has 0 unspecified atom stereocenters. The summed E-state index contributed by atoms with van der Waals surface area (Å²) in [6.45, 7) is 0.209. The minimum absolute atomic E-state index is 0.104. The van der Waals surface area contributed by atoms with E-state index < -0.39 is 0 Å². The van der Waals surface area contributed by atoms with Crippen LogP contribution in [0.25, 0.3) is 20.7 Å². The van der Waals surface area contributed by atoms with Crippen LogP contribution >= 0.6 is 11.3 Å². The standard InChI is InChI=1S/C23H21N3O4S/c1-29-17-9-7-15(8-10-17)20-11-18-22(31-20)23(28)26(14-25-18)13-21(27)24-12-16-5-3-4-6-19(16)30-2/h3-11,14H,12-13H2,1-2H3,(H,24,27). The maximum Gasteiger partial charge on any atom is 0.271 e. The second-order valence-corrected chi connectivity index (χ2v) is 7.87. The number of aromatic nitrogens is 2. The van der Waals surface area contributed by atoms with Crippen LogP contribution < -0.4 is 20.3 Å². The predicted octanol–water partition coefficient (Wildman–Crippen LogP) is 3.46. The summed E-state index contributed by atoms with van der Waals surface area (Å²) in [7, 11) is 3.20. The number of nitrogens with zero attached hydrogens (tertiary/aromatic N) is 2. The van der Waals surface area contributed by atoms with E-state index in [1.807, 2.05) is 54.6 Å². The van der Waals surface area contributed by atoms with Gasteiger partial charge in [-0.25, -0.2) is 4.98 Å². The third kappa shape index (κ3) is 4.44. The van der Waals surface area contributed by atoms with Gasteiger partial charge in [0, 0.05) is 17.0 Å². The number of carbonyl (C=O) groups excluding carboxylic acids is 1. The molecule has 0 saturated heterocycles. The first-order valence-electron chi connectivity index (χ1n) is 9.61. The molecule has 0 aliphatic heterocycles. The van der Waals surface area contributed by atoms with Gasteiger partial charge in [0.15, 0.2) is 0 Å². The maximum atomic E-state index is 12.9. The van der Waals surface area contributed by atoms with Crippen LogP contribution in [0.3, 0.4) is 0 Å². The monoisotopic (exact) mass is 435 g/mol. The van der Waals surface area contributed by atoms with Crippen LogP contribution in [0.2, 0.25) is 0 Å². The Bertz CT molecular complexity index is 1280. The molecule has 0 atom stereocenters. The molecule has 2 aromatic carbocycles. The number of amides is 1. The Morgan fingerprint density at radius 1 is 1.10 bits per heavy atom. The molecule has 0 aliphatic rings. The van der Waals surface area contributed by atoms with Crippen molar-refractivity contribution < 1.29 is 14.3 Å². The molecular formula is C23H21N3O4S. The topological polar surface area (TPSA) is 82.5 Å². The fraction of sp³-hybridized carbons (Fsp3) is 0.174. The zero-order valence-corrected chi connectivity index (χ0v) is 17.9. The van der Waals surface area contributed by atoms with Gasteiger partial charge in [0.05, 0.1) is 26.1 Å². The summed E-state index contributed by atoms with van der Waals surface area (Å²) in [5.74, 6) is 1.19. The van der Waals surface area contributed by atoms with Gasteiger partial charge < -0.3 is 14.8 Å². The van der Waals surface area contributed by atoms with E-state index in [0.717, 1.165) is 21.8 Å². The molecule has 0 aliphatic carbocycles. The van der Waals surface area contributed by atoms with Crippen LogP contribution in [-0.4, -0.2) is 29.7 Å². The van der Waals surface area contributed by atoms with Crippen molar-refractivity contribution in [2.24, 2.45) is 0 Å². The van der Waals surface area contributed by atoms with Crippen LogP contribution in [-0.2, 0) is 17.9 Å². The van der Waals surface area contributed by atoms with Gasteiger partial charge in [-0.15, -0.1) is 11.3 Å². The summed E-state index contributed by atoms with van der Waals surface area (Å²) < 4.78 is 12.3. The van der Waals surface area contributed by atoms with Gasteiger partial charge in [0.1, 0.15) is 22.7 Å². The normalized spacial score (nSPS) is 10.8. The van der Waals surface area contributed by atoms with Crippen molar-refractivity contribution in [1.82, 2.24) is 14.9 Å². The number of thiophene rings is 1. The van der Waals surface area contributed by atoms with E-state index in [1.54, 1.807) is 14.2 Å². The average Bonchev–Trinajstić information content (AvgIpc) is 3.25. The average molecular weight is 436 g/mol. The van der Waals surface area contributed by atoms with Gasteiger partial charge in [-0.3, -0.25) is 14.2 Å². The Kier molecular flexibility index (Phi) is 5.99. The SMILES string of the molecule is COc1ccc(-c2cc3ncn(CC(=O)NCc4ccccc4OC)c(=O)c3s2)cc1. The van der Waals surface area contributed by atoms with Crippen LogP contribution in [0.5, 0.6) is 11.5 Å². The van der Waals surface area contributed by atoms with Crippen molar-refractivity contribution in [3.05, 3.63) is 76.8 Å². The predicted molar refractivity (Wildman–Crippen MR) is 121 cm³/mol. The highest BCUT2D eigenvalue weighted by Gasteiger charge is 2.13. The van der Waals surface area contributed by atoms with Gasteiger partial charge in [0.25, 0.3) is 5.56 Å². The van der Waals surface area contributed by atoms with Gasteiger partial charge in [0.2, 0.25) is 5.91 Å². The van der Waals surface area contributed by atoms with Crippen molar-refractivity contribution in [1.29, 1.82) is 0 Å². The summed E-state index contributed by atoms with van der Waals surface area (Å²) >= 11 is 1.36. The summed E-state index contributed by atoms with van der Waals surface area (Å²) in [6.07, 6.45) is 1.41. The van der Waals surface area contributed by atoms with Gasteiger partial charge in [-0.1, -0.05) is 18.2 Å². The zero-order valence-electron chi connectivity index (χ0n) is 17.1. The van der Waals surface area contributed by atoms with E-state index in [-0.39, 0.29) is 18.0 Å². The van der Waals surface area contributed by atoms with Crippen molar-refractivity contribution in [2.45, 2.75) is 13.1 Å². The number of para-hydroxylation sites is 1. The second-order valence-electron chi connectivity index (χ2n) is 6.82. The van der Waals surface area contributed by atoms with E-state index in [1.165, 1.54) is 22.2 Å². The smallest absolute Gasteiger partial charge is 0.271 e. The Labute approximate surface area is 182 Å². The first kappa shape index (κ1) is 20.6. The number of fused-ring (bicyclic) bond motifs is 1. The molecular weight excluding hydrogens is 414 g/mol. The fourth-order valence-electron chi connectivity index (χ4n) is 3.21. The van der Waals surface area contributed by atoms with Crippen molar-refractivity contribution in [2.75, 3.05) is 14.2 Å². The molecule has 2 aromatic heterocycles. The molecule has 1 amide bonds. The first-order valence-corrected chi connectivity index (χ1v) is 10.4. The number of carbonyl (C=O) groups is 1. The highest BCUT2D eigenvalue weighted by molar-refractivity contribution is 7.22. The van der Waals surface area contributed by atoms with Crippen LogP contribution in [0, 0.1) is 0 Å². The second kappa shape index (κ2) is 9.01. The third-order valence-corrected chi connectivity index (χ3v) is 6.02. The number of benzene rings is 2. The van der Waals surface area contributed by atoms with Gasteiger partial charge >= 0.3 is 0 Å². The summed E-state index contributed by atoms with van der Waals surface area (Å²) in [6, 6.07) is 17.0. The Morgan fingerprint density at radius 3 is 2.61 bits per heavy atom. The third-order valence-electron chi connectivity index (χ3n) is 4.86. The van der Waals surface area contributed by atoms with E-state index in [4.69, 9.17) is 9.47 Å². The Morgan fingerprint density at radius 2 is 1.87 bits per heavy atom. The molecule has 4 aromatic rings. The lowest BCUT2D eigenvalue weighted by Gasteiger charge is -2.10. The molecule has 0 radical (unpaired) electrons. The molecule has 0 bridgehead atoms. The molecule has 2 heterocycles. The quantitative estimate of drug-likeness (QED) is 0.481. The van der Waals surface area contributed by atoms with Crippen molar-refractivity contribution >= 4 is 27.5 Å². The lowest BCUT2D eigenvalue weighted by Crippen LogP contribution is -2.32. The summed E-state index contributed by atoms with van der Waals surface area (Å²) in [5, 5.41) is 2.82. The Hall–Kier alpha value is -3.65. The van der Waals surface area contributed by atoms with Crippen molar-refractivity contribution in [3.8, 4) is 21.9 Å². The van der Waals surface area contributed by atoms with E-state index in [9.17, 15) is 9.59 Å². The summed E-state index contributed by atoms with van der Waals surface area (Å²) in [5.41, 5.74) is 2.22. The Balaban J connectivity index is 1.51. The minimum Gasteiger partial charge on any atom is -0.497 e.